The first-order chi connectivity index (χ1) is 11.5. The first-order valence-electron chi connectivity index (χ1n) is 8.31. The van der Waals surface area contributed by atoms with E-state index < -0.39 is 19.0 Å². The highest BCUT2D eigenvalue weighted by atomic mass is 19.3. The predicted octanol–water partition coefficient (Wildman–Crippen LogP) is 1.40. The quantitative estimate of drug-likeness (QED) is 0.833. The Morgan fingerprint density at radius 3 is 2.88 bits per heavy atom. The highest BCUT2D eigenvalue weighted by Gasteiger charge is 2.54. The second-order valence-corrected chi connectivity index (χ2v) is 7.35. The molecule has 0 bridgehead atoms. The first-order valence-corrected chi connectivity index (χ1v) is 8.31. The number of fused-ring (bicyclic) bond motifs is 1. The second-order valence-electron chi connectivity index (χ2n) is 7.35. The van der Waals surface area contributed by atoms with Crippen molar-refractivity contribution in [3.05, 3.63) is 30.1 Å². The normalized spacial score (nSPS) is 31.8. The number of amides is 1. The molecule has 3 aliphatic rings. The zero-order valence-electron chi connectivity index (χ0n) is 13.5. The minimum atomic E-state index is -2.71. The van der Waals surface area contributed by atoms with Crippen LogP contribution in [-0.4, -0.2) is 66.0 Å². The minimum absolute atomic E-state index is 0.170. The fourth-order valence-electron chi connectivity index (χ4n) is 4.14. The summed E-state index contributed by atoms with van der Waals surface area (Å²) in [4.78, 5) is 20.3. The molecule has 24 heavy (non-hydrogen) atoms. The molecule has 1 aromatic rings. The lowest BCUT2D eigenvalue weighted by molar-refractivity contribution is -0.168. The fraction of sp³-hybridized carbons (Fsp3) is 0.647. The van der Waals surface area contributed by atoms with E-state index >= 15 is 0 Å². The molecule has 1 amide bonds. The molecule has 3 saturated heterocycles. The van der Waals surface area contributed by atoms with Gasteiger partial charge in [-0.05, 0) is 12.1 Å². The van der Waals surface area contributed by atoms with Crippen molar-refractivity contribution in [2.45, 2.75) is 18.9 Å². The highest BCUT2D eigenvalue weighted by Crippen LogP contribution is 2.45. The molecule has 3 aliphatic heterocycles. The summed E-state index contributed by atoms with van der Waals surface area (Å²) < 4.78 is 31.6. The summed E-state index contributed by atoms with van der Waals surface area (Å²) in [6.07, 6.45) is 2.07. The van der Waals surface area contributed by atoms with Crippen LogP contribution in [0.3, 0.4) is 0 Å². The van der Waals surface area contributed by atoms with Gasteiger partial charge in [-0.2, -0.15) is 0 Å². The molecular formula is C17H21F2N3O2. The van der Waals surface area contributed by atoms with Crippen LogP contribution in [0, 0.1) is 11.3 Å². The number of hydrogen-bond acceptors (Lipinski definition) is 4. The van der Waals surface area contributed by atoms with Crippen molar-refractivity contribution in [3.8, 4) is 0 Å². The number of alkyl halides is 2. The summed E-state index contributed by atoms with van der Waals surface area (Å²) in [5, 5.41) is 0. The maximum Gasteiger partial charge on any atom is 0.282 e. The van der Waals surface area contributed by atoms with Crippen LogP contribution in [0.2, 0.25) is 0 Å². The SMILES string of the molecule is O=C(C[C@]12COC[C@H]1CN(Cc1ccccn1)C2)N1CC(F)(F)C1. The molecule has 0 saturated carbocycles. The van der Waals surface area contributed by atoms with Gasteiger partial charge in [0, 0.05) is 43.6 Å². The Morgan fingerprint density at radius 1 is 1.33 bits per heavy atom. The number of nitrogens with zero attached hydrogens (tertiary/aromatic N) is 3. The fourth-order valence-corrected chi connectivity index (χ4v) is 4.14. The molecule has 4 heterocycles. The van der Waals surface area contributed by atoms with Gasteiger partial charge in [0.05, 0.1) is 32.0 Å². The Bertz CT molecular complexity index is 620. The number of aromatic nitrogens is 1. The zero-order valence-corrected chi connectivity index (χ0v) is 13.5. The summed E-state index contributed by atoms with van der Waals surface area (Å²) in [5.74, 6) is -2.59. The minimum Gasteiger partial charge on any atom is -0.380 e. The van der Waals surface area contributed by atoms with Crippen LogP contribution in [0.4, 0.5) is 8.78 Å². The van der Waals surface area contributed by atoms with E-state index in [0.29, 0.717) is 19.6 Å². The molecule has 0 radical (unpaired) electrons. The number of likely N-dealkylation sites (tertiary alicyclic amines) is 2. The number of carbonyl (C=O) groups is 1. The van der Waals surface area contributed by atoms with Crippen LogP contribution in [-0.2, 0) is 16.1 Å². The molecule has 0 aliphatic carbocycles. The third-order valence-corrected chi connectivity index (χ3v) is 5.40. The van der Waals surface area contributed by atoms with Crippen molar-refractivity contribution >= 4 is 5.91 Å². The van der Waals surface area contributed by atoms with E-state index in [0.717, 1.165) is 25.3 Å². The molecule has 5 nitrogen and oxygen atoms in total. The average molecular weight is 337 g/mol. The van der Waals surface area contributed by atoms with Gasteiger partial charge in [0.15, 0.2) is 0 Å². The van der Waals surface area contributed by atoms with Crippen molar-refractivity contribution in [2.24, 2.45) is 11.3 Å². The van der Waals surface area contributed by atoms with Crippen LogP contribution in [0.5, 0.6) is 0 Å². The number of rotatable bonds is 4. The lowest BCUT2D eigenvalue weighted by atomic mass is 9.77. The van der Waals surface area contributed by atoms with Gasteiger partial charge in [-0.3, -0.25) is 14.7 Å². The molecule has 0 spiro atoms. The van der Waals surface area contributed by atoms with Crippen molar-refractivity contribution in [1.82, 2.24) is 14.8 Å². The summed E-state index contributed by atoms with van der Waals surface area (Å²) in [7, 11) is 0. The van der Waals surface area contributed by atoms with Crippen LogP contribution < -0.4 is 0 Å². The summed E-state index contributed by atoms with van der Waals surface area (Å²) >= 11 is 0. The Labute approximate surface area is 139 Å². The number of pyridine rings is 1. The van der Waals surface area contributed by atoms with E-state index in [-0.39, 0.29) is 17.2 Å². The van der Waals surface area contributed by atoms with Crippen LogP contribution in [0.15, 0.2) is 24.4 Å². The Kier molecular flexibility index (Phi) is 3.80. The van der Waals surface area contributed by atoms with E-state index in [1.807, 2.05) is 18.2 Å². The molecule has 2 atom stereocenters. The van der Waals surface area contributed by atoms with E-state index in [4.69, 9.17) is 4.74 Å². The second kappa shape index (κ2) is 5.74. The van der Waals surface area contributed by atoms with Gasteiger partial charge in [0.1, 0.15) is 0 Å². The van der Waals surface area contributed by atoms with E-state index in [1.165, 1.54) is 4.90 Å². The third kappa shape index (κ3) is 2.91. The number of halogens is 2. The summed E-state index contributed by atoms with van der Waals surface area (Å²) in [6, 6.07) is 5.84. The van der Waals surface area contributed by atoms with Crippen molar-refractivity contribution in [2.75, 3.05) is 39.4 Å². The summed E-state index contributed by atoms with van der Waals surface area (Å²) in [6.45, 7) is 2.66. The van der Waals surface area contributed by atoms with Gasteiger partial charge in [-0.15, -0.1) is 0 Å². The van der Waals surface area contributed by atoms with E-state index in [1.54, 1.807) is 6.20 Å². The smallest absolute Gasteiger partial charge is 0.282 e. The molecular weight excluding hydrogens is 316 g/mol. The lowest BCUT2D eigenvalue weighted by Gasteiger charge is -2.40. The van der Waals surface area contributed by atoms with Gasteiger partial charge >= 0.3 is 0 Å². The Hall–Kier alpha value is -1.60. The van der Waals surface area contributed by atoms with Gasteiger partial charge in [-0.25, -0.2) is 8.78 Å². The van der Waals surface area contributed by atoms with Crippen LogP contribution in [0.25, 0.3) is 0 Å². The maximum absolute atomic E-state index is 13.0. The zero-order chi connectivity index (χ0) is 16.8. The number of hydrogen-bond donors (Lipinski definition) is 0. The van der Waals surface area contributed by atoms with Crippen LogP contribution >= 0.6 is 0 Å². The molecule has 7 heteroatoms. The Morgan fingerprint density at radius 2 is 2.17 bits per heavy atom. The average Bonchev–Trinajstić information content (AvgIpc) is 3.01. The molecule has 4 rings (SSSR count). The molecule has 1 aromatic heterocycles. The van der Waals surface area contributed by atoms with Crippen molar-refractivity contribution in [1.29, 1.82) is 0 Å². The lowest BCUT2D eigenvalue weighted by Crippen LogP contribution is -2.59. The van der Waals surface area contributed by atoms with E-state index in [9.17, 15) is 13.6 Å². The summed E-state index contributed by atoms with van der Waals surface area (Å²) in [5.41, 5.74) is 0.763. The molecule has 0 unspecified atom stereocenters. The van der Waals surface area contributed by atoms with Crippen LogP contribution in [0.1, 0.15) is 12.1 Å². The molecule has 130 valence electrons. The van der Waals surface area contributed by atoms with Gasteiger partial charge < -0.3 is 9.64 Å². The van der Waals surface area contributed by atoms with Gasteiger partial charge in [-0.1, -0.05) is 6.07 Å². The van der Waals surface area contributed by atoms with Crippen molar-refractivity contribution in [3.63, 3.8) is 0 Å². The first kappa shape index (κ1) is 15.9. The molecule has 0 aromatic carbocycles. The third-order valence-electron chi connectivity index (χ3n) is 5.40. The topological polar surface area (TPSA) is 45.7 Å². The van der Waals surface area contributed by atoms with Crippen molar-refractivity contribution < 1.29 is 18.3 Å². The largest absolute Gasteiger partial charge is 0.380 e. The monoisotopic (exact) mass is 337 g/mol. The van der Waals surface area contributed by atoms with Gasteiger partial charge in [0.25, 0.3) is 5.92 Å². The van der Waals surface area contributed by atoms with Gasteiger partial charge in [0.2, 0.25) is 5.91 Å². The highest BCUT2D eigenvalue weighted by molar-refractivity contribution is 5.78. The molecule has 3 fully saturated rings. The number of carbonyl (C=O) groups excluding carboxylic acids is 1. The molecule has 0 N–H and O–H groups in total. The Balaban J connectivity index is 1.40. The predicted molar refractivity (Wildman–Crippen MR) is 82.4 cm³/mol. The number of ether oxygens (including phenoxy) is 1. The standard InChI is InChI=1S/C17H21F2N3O2/c18-17(19)10-22(11-17)15(23)5-16-9-21(6-13(16)8-24-12-16)7-14-3-1-2-4-20-14/h1-4,13H,5-12H2/t13-,16+/m1/s1. The maximum atomic E-state index is 13.0. The van der Waals surface area contributed by atoms with E-state index in [2.05, 4.69) is 9.88 Å².